The lowest BCUT2D eigenvalue weighted by atomic mass is 9.99. The maximum absolute atomic E-state index is 13.2. The average molecular weight is 394 g/mol. The lowest BCUT2D eigenvalue weighted by Crippen LogP contribution is -2.62. The number of carbonyl (C=O) groups is 3. The number of benzene rings is 2. The van der Waals surface area contributed by atoms with Gasteiger partial charge in [-0.25, -0.2) is 4.79 Å². The minimum Gasteiger partial charge on any atom is -0.480 e. The van der Waals surface area contributed by atoms with Gasteiger partial charge in [-0.05, 0) is 35.7 Å². The molecule has 2 aliphatic rings. The van der Waals surface area contributed by atoms with E-state index >= 15 is 0 Å². The third-order valence-electron chi connectivity index (χ3n) is 5.42. The highest BCUT2D eigenvalue weighted by atomic mass is 16.5. The van der Waals surface area contributed by atoms with Gasteiger partial charge in [-0.2, -0.15) is 0 Å². The van der Waals surface area contributed by atoms with Gasteiger partial charge in [0.25, 0.3) is 5.91 Å². The van der Waals surface area contributed by atoms with Crippen LogP contribution in [0.5, 0.6) is 0 Å². The Bertz CT molecular complexity index is 986. The van der Waals surface area contributed by atoms with E-state index in [9.17, 15) is 19.5 Å². The molecular formula is C22H22N2O5. The van der Waals surface area contributed by atoms with Crippen molar-refractivity contribution in [2.24, 2.45) is 0 Å². The first-order valence-corrected chi connectivity index (χ1v) is 9.62. The van der Waals surface area contributed by atoms with E-state index in [1.165, 1.54) is 4.90 Å². The second kappa shape index (κ2) is 8.05. The van der Waals surface area contributed by atoms with Gasteiger partial charge < -0.3 is 20.1 Å². The number of hydrogen-bond acceptors (Lipinski definition) is 4. The molecule has 2 amide bonds. The zero-order valence-electron chi connectivity index (χ0n) is 15.8. The minimum atomic E-state index is -1.10. The van der Waals surface area contributed by atoms with Crippen molar-refractivity contribution in [3.63, 3.8) is 0 Å². The van der Waals surface area contributed by atoms with Gasteiger partial charge in [0, 0.05) is 5.56 Å². The highest BCUT2D eigenvalue weighted by Gasteiger charge is 2.41. The number of aliphatic carboxylic acids is 1. The van der Waals surface area contributed by atoms with Crippen LogP contribution in [0.2, 0.25) is 0 Å². The van der Waals surface area contributed by atoms with Crippen molar-refractivity contribution in [2.45, 2.75) is 31.0 Å². The summed E-state index contributed by atoms with van der Waals surface area (Å²) in [6, 6.07) is 10.9. The molecule has 2 aliphatic heterocycles. The van der Waals surface area contributed by atoms with E-state index in [1.807, 2.05) is 42.5 Å². The molecule has 0 aromatic heterocycles. The molecule has 2 aromatic carbocycles. The van der Waals surface area contributed by atoms with Crippen LogP contribution in [0.3, 0.4) is 0 Å². The Morgan fingerprint density at radius 3 is 2.59 bits per heavy atom. The van der Waals surface area contributed by atoms with E-state index in [2.05, 4.69) is 5.32 Å². The van der Waals surface area contributed by atoms with Crippen LogP contribution in [0.4, 0.5) is 0 Å². The van der Waals surface area contributed by atoms with E-state index in [0.29, 0.717) is 18.4 Å². The summed E-state index contributed by atoms with van der Waals surface area (Å²) >= 11 is 0. The Morgan fingerprint density at radius 1 is 1.03 bits per heavy atom. The zero-order chi connectivity index (χ0) is 20.4. The van der Waals surface area contributed by atoms with E-state index in [4.69, 9.17) is 4.74 Å². The van der Waals surface area contributed by atoms with Crippen molar-refractivity contribution in [1.29, 1.82) is 0 Å². The number of carboxylic acids is 1. The predicted molar refractivity (Wildman–Crippen MR) is 106 cm³/mol. The fraction of sp³-hybridized carbons (Fsp3) is 0.318. The molecule has 29 heavy (non-hydrogen) atoms. The van der Waals surface area contributed by atoms with E-state index in [-0.39, 0.29) is 31.1 Å². The van der Waals surface area contributed by atoms with E-state index in [1.54, 1.807) is 12.1 Å². The molecule has 1 fully saturated rings. The maximum Gasteiger partial charge on any atom is 0.328 e. The topological polar surface area (TPSA) is 95.9 Å². The molecule has 2 heterocycles. The summed E-state index contributed by atoms with van der Waals surface area (Å²) in [7, 11) is 0. The highest BCUT2D eigenvalue weighted by molar-refractivity contribution is 6.01. The Hall–Kier alpha value is -3.19. The number of hydrogen-bond donors (Lipinski definition) is 2. The lowest BCUT2D eigenvalue weighted by molar-refractivity contribution is -0.164. The third kappa shape index (κ3) is 3.86. The normalized spacial score (nSPS) is 24.5. The Labute approximate surface area is 167 Å². The van der Waals surface area contributed by atoms with Gasteiger partial charge in [-0.15, -0.1) is 0 Å². The fourth-order valence-corrected chi connectivity index (χ4v) is 3.90. The van der Waals surface area contributed by atoms with Crippen LogP contribution >= 0.6 is 0 Å². The molecule has 0 unspecified atom stereocenters. The molecule has 0 aliphatic carbocycles. The zero-order valence-corrected chi connectivity index (χ0v) is 15.8. The lowest BCUT2D eigenvalue weighted by Gasteiger charge is -2.42. The van der Waals surface area contributed by atoms with Crippen molar-refractivity contribution >= 4 is 28.6 Å². The van der Waals surface area contributed by atoms with Crippen LogP contribution in [-0.2, 0) is 14.3 Å². The smallest absolute Gasteiger partial charge is 0.328 e. The molecule has 3 atom stereocenters. The van der Waals surface area contributed by atoms with Gasteiger partial charge in [-0.1, -0.05) is 42.5 Å². The summed E-state index contributed by atoms with van der Waals surface area (Å²) in [4.78, 5) is 39.0. The van der Waals surface area contributed by atoms with Crippen LogP contribution in [-0.4, -0.2) is 59.1 Å². The quantitative estimate of drug-likeness (QED) is 0.776. The van der Waals surface area contributed by atoms with Crippen molar-refractivity contribution < 1.29 is 24.2 Å². The van der Waals surface area contributed by atoms with Crippen LogP contribution in [0.15, 0.2) is 54.6 Å². The molecule has 4 rings (SSSR count). The maximum atomic E-state index is 13.2. The number of fused-ring (bicyclic) bond motifs is 2. The van der Waals surface area contributed by atoms with Crippen molar-refractivity contribution in [3.8, 4) is 0 Å². The number of carbonyl (C=O) groups excluding carboxylic acids is 2. The molecule has 0 bridgehead atoms. The molecule has 0 spiro atoms. The first kappa shape index (κ1) is 19.1. The Morgan fingerprint density at radius 2 is 1.79 bits per heavy atom. The molecule has 2 aromatic rings. The van der Waals surface area contributed by atoms with Crippen LogP contribution in [0.25, 0.3) is 10.8 Å². The summed E-state index contributed by atoms with van der Waals surface area (Å²) in [6.45, 7) is 0.234. The summed E-state index contributed by atoms with van der Waals surface area (Å²) in [6.07, 6.45) is 4.60. The first-order valence-electron chi connectivity index (χ1n) is 9.62. The van der Waals surface area contributed by atoms with Gasteiger partial charge in [0.1, 0.15) is 6.04 Å². The standard InChI is InChI=1S/C22H22N2O5/c25-20(16-10-9-14-5-1-2-6-15(14)11-16)23-18-8-4-3-7-17-12-29-13-19(22(27)28)24(17)21(18)26/h1-6,9-11,17-19H,7-8,12-13H2,(H,23,25)(H,27,28)/t17-,18-,19-/m0/s1. The largest absolute Gasteiger partial charge is 0.480 e. The molecule has 1 saturated heterocycles. The minimum absolute atomic E-state index is 0.0490. The van der Waals surface area contributed by atoms with E-state index < -0.39 is 18.1 Å². The van der Waals surface area contributed by atoms with Gasteiger partial charge in [0.2, 0.25) is 5.91 Å². The molecule has 150 valence electrons. The number of nitrogens with one attached hydrogen (secondary N) is 1. The number of rotatable bonds is 3. The first-order chi connectivity index (χ1) is 14.0. The summed E-state index contributed by atoms with van der Waals surface area (Å²) in [5.74, 6) is -1.85. The van der Waals surface area contributed by atoms with Gasteiger partial charge in [0.15, 0.2) is 6.04 Å². The number of morpholine rings is 1. The number of ether oxygens (including phenoxy) is 1. The molecule has 2 N–H and O–H groups in total. The molecule has 7 heteroatoms. The van der Waals surface area contributed by atoms with Crippen molar-refractivity contribution in [2.75, 3.05) is 13.2 Å². The Kier molecular flexibility index (Phi) is 5.31. The van der Waals surface area contributed by atoms with Crippen molar-refractivity contribution in [3.05, 3.63) is 60.2 Å². The third-order valence-corrected chi connectivity index (χ3v) is 5.42. The molecular weight excluding hydrogens is 372 g/mol. The molecule has 0 radical (unpaired) electrons. The van der Waals surface area contributed by atoms with Crippen LogP contribution in [0.1, 0.15) is 23.2 Å². The van der Waals surface area contributed by atoms with E-state index in [0.717, 1.165) is 10.8 Å². The van der Waals surface area contributed by atoms with Gasteiger partial charge in [-0.3, -0.25) is 9.59 Å². The number of amides is 2. The Balaban J connectivity index is 1.58. The predicted octanol–water partition coefficient (Wildman–Crippen LogP) is 1.97. The second-order valence-corrected chi connectivity index (χ2v) is 7.32. The van der Waals surface area contributed by atoms with Crippen LogP contribution in [0, 0.1) is 0 Å². The van der Waals surface area contributed by atoms with Gasteiger partial charge >= 0.3 is 5.97 Å². The number of nitrogens with zero attached hydrogens (tertiary/aromatic N) is 1. The fourth-order valence-electron chi connectivity index (χ4n) is 3.90. The number of carboxylic acid groups (broad SMARTS) is 1. The summed E-state index contributed by atoms with van der Waals surface area (Å²) in [5.41, 5.74) is 0.454. The monoisotopic (exact) mass is 394 g/mol. The highest BCUT2D eigenvalue weighted by Crippen LogP contribution is 2.22. The second-order valence-electron chi connectivity index (χ2n) is 7.32. The summed E-state index contributed by atoms with van der Waals surface area (Å²) in [5, 5.41) is 14.3. The molecule has 0 saturated carbocycles. The van der Waals surface area contributed by atoms with Crippen molar-refractivity contribution in [1.82, 2.24) is 10.2 Å². The average Bonchev–Trinajstić information content (AvgIpc) is 2.73. The van der Waals surface area contributed by atoms with Crippen LogP contribution < -0.4 is 5.32 Å². The summed E-state index contributed by atoms with van der Waals surface area (Å²) < 4.78 is 5.39. The molecule has 7 nitrogen and oxygen atoms in total. The van der Waals surface area contributed by atoms with Gasteiger partial charge in [0.05, 0.1) is 19.3 Å². The SMILES string of the molecule is O=C(N[C@H]1CC=CC[C@H]2COC[C@@H](C(=O)O)N2C1=O)c1ccc2ccccc2c1.